The first-order valence-electron chi connectivity index (χ1n) is 15.8. The summed E-state index contributed by atoms with van der Waals surface area (Å²) in [5.41, 5.74) is 4.53. The molecule has 0 saturated carbocycles. The number of pyridine rings is 2. The molecule has 0 fully saturated rings. The SMILES string of the molecule is N#Cc1c(-c2ccc(Oc3ccccc3)cc2)cc(Cl)nc1Cl.N#Cc1c(-c2ccc(Oc3ccccc3)cc2)cc(Nc2ccccc2)nc1Cl. The van der Waals surface area contributed by atoms with Crippen molar-refractivity contribution < 1.29 is 9.47 Å². The summed E-state index contributed by atoms with van der Waals surface area (Å²) in [7, 11) is 0. The second-order valence-electron chi connectivity index (χ2n) is 11.0. The van der Waals surface area contributed by atoms with Gasteiger partial charge in [-0.1, -0.05) is 114 Å². The van der Waals surface area contributed by atoms with E-state index in [1.165, 1.54) is 0 Å². The lowest BCUT2D eigenvalue weighted by atomic mass is 10.0. The average molecular weight is 739 g/mol. The number of hydrogen-bond acceptors (Lipinski definition) is 7. The number of rotatable bonds is 8. The Kier molecular flexibility index (Phi) is 11.6. The first kappa shape index (κ1) is 35.5. The van der Waals surface area contributed by atoms with Crippen molar-refractivity contribution in [3.63, 3.8) is 0 Å². The number of anilines is 2. The second-order valence-corrected chi connectivity index (χ2v) is 12.1. The molecule has 0 amide bonds. The normalized spacial score (nSPS) is 10.2. The van der Waals surface area contributed by atoms with Gasteiger partial charge < -0.3 is 14.8 Å². The van der Waals surface area contributed by atoms with E-state index in [1.54, 1.807) is 6.07 Å². The van der Waals surface area contributed by atoms with Crippen molar-refractivity contribution in [2.24, 2.45) is 0 Å². The van der Waals surface area contributed by atoms with Crippen molar-refractivity contribution >= 4 is 46.3 Å². The van der Waals surface area contributed by atoms with Crippen molar-refractivity contribution in [1.82, 2.24) is 9.97 Å². The molecule has 0 saturated heterocycles. The van der Waals surface area contributed by atoms with Gasteiger partial charge in [0.05, 0.1) is 11.1 Å². The van der Waals surface area contributed by atoms with Crippen molar-refractivity contribution in [2.45, 2.75) is 0 Å². The van der Waals surface area contributed by atoms with E-state index in [4.69, 9.17) is 44.3 Å². The molecular weight excluding hydrogens is 713 g/mol. The highest BCUT2D eigenvalue weighted by Crippen LogP contribution is 2.34. The Morgan fingerprint density at radius 2 is 0.885 bits per heavy atom. The van der Waals surface area contributed by atoms with Crippen molar-refractivity contribution in [1.29, 1.82) is 10.5 Å². The highest BCUT2D eigenvalue weighted by atomic mass is 35.5. The molecule has 2 aromatic heterocycles. The zero-order valence-electron chi connectivity index (χ0n) is 27.2. The van der Waals surface area contributed by atoms with Gasteiger partial charge in [-0.05, 0) is 83.9 Å². The third kappa shape index (κ3) is 9.05. The maximum atomic E-state index is 9.57. The van der Waals surface area contributed by atoms with Crippen LogP contribution in [0.25, 0.3) is 22.3 Å². The Balaban J connectivity index is 0.000000183. The highest BCUT2D eigenvalue weighted by Gasteiger charge is 2.14. The summed E-state index contributed by atoms with van der Waals surface area (Å²) in [6, 6.07) is 51.3. The van der Waals surface area contributed by atoms with Crippen LogP contribution in [-0.4, -0.2) is 9.97 Å². The molecule has 0 atom stereocenters. The first-order chi connectivity index (χ1) is 25.4. The smallest absolute Gasteiger partial charge is 0.149 e. The number of benzene rings is 5. The summed E-state index contributed by atoms with van der Waals surface area (Å²) in [5, 5.41) is 22.6. The Hall–Kier alpha value is -6.35. The molecule has 1 N–H and O–H groups in total. The van der Waals surface area contributed by atoms with Gasteiger partial charge in [0.2, 0.25) is 0 Å². The lowest BCUT2D eigenvalue weighted by Gasteiger charge is -2.12. The van der Waals surface area contributed by atoms with Gasteiger partial charge in [-0.3, -0.25) is 0 Å². The van der Waals surface area contributed by atoms with Crippen molar-refractivity contribution in [3.05, 3.63) is 178 Å². The minimum atomic E-state index is 0.0969. The predicted octanol–water partition coefficient (Wildman–Crippen LogP) is 12.5. The van der Waals surface area contributed by atoms with Crippen LogP contribution in [0.15, 0.2) is 152 Å². The molecule has 7 rings (SSSR count). The summed E-state index contributed by atoms with van der Waals surface area (Å²) in [6.45, 7) is 0. The van der Waals surface area contributed by atoms with Crippen LogP contribution in [0.1, 0.15) is 11.1 Å². The molecule has 0 aliphatic carbocycles. The summed E-state index contributed by atoms with van der Waals surface area (Å²) in [5.74, 6) is 3.50. The fourth-order valence-corrected chi connectivity index (χ4v) is 5.76. The van der Waals surface area contributed by atoms with E-state index in [-0.39, 0.29) is 15.5 Å². The van der Waals surface area contributed by atoms with Gasteiger partial charge in [0.1, 0.15) is 56.4 Å². The molecule has 252 valence electrons. The van der Waals surface area contributed by atoms with Crippen LogP contribution < -0.4 is 14.8 Å². The zero-order chi connectivity index (χ0) is 36.3. The van der Waals surface area contributed by atoms with E-state index >= 15 is 0 Å². The number of ether oxygens (including phenoxy) is 2. The minimum absolute atomic E-state index is 0.0969. The van der Waals surface area contributed by atoms with Crippen LogP contribution in [0, 0.1) is 22.7 Å². The third-order valence-corrected chi connectivity index (χ3v) is 8.22. The van der Waals surface area contributed by atoms with Gasteiger partial charge in [0, 0.05) is 16.8 Å². The number of hydrogen-bond donors (Lipinski definition) is 1. The Morgan fingerprint density at radius 3 is 1.35 bits per heavy atom. The number of nitrogens with zero attached hydrogens (tertiary/aromatic N) is 4. The van der Waals surface area contributed by atoms with Gasteiger partial charge in [0.15, 0.2) is 0 Å². The van der Waals surface area contributed by atoms with Crippen LogP contribution in [0.4, 0.5) is 11.5 Å². The van der Waals surface area contributed by atoms with Crippen LogP contribution in [0.5, 0.6) is 23.0 Å². The molecule has 7 aromatic rings. The Morgan fingerprint density at radius 1 is 0.481 bits per heavy atom. The zero-order valence-corrected chi connectivity index (χ0v) is 29.4. The van der Waals surface area contributed by atoms with Crippen LogP contribution in [0.3, 0.4) is 0 Å². The largest absolute Gasteiger partial charge is 0.457 e. The number of nitrogens with one attached hydrogen (secondary N) is 1. The van der Waals surface area contributed by atoms with Crippen molar-refractivity contribution in [2.75, 3.05) is 5.32 Å². The predicted molar refractivity (Wildman–Crippen MR) is 207 cm³/mol. The molecule has 0 aliphatic rings. The molecule has 5 aromatic carbocycles. The van der Waals surface area contributed by atoms with Gasteiger partial charge >= 0.3 is 0 Å². The van der Waals surface area contributed by atoms with Crippen molar-refractivity contribution in [3.8, 4) is 57.4 Å². The van der Waals surface area contributed by atoms with E-state index in [0.29, 0.717) is 39.6 Å². The number of halogens is 3. The fourth-order valence-electron chi connectivity index (χ4n) is 5.05. The lowest BCUT2D eigenvalue weighted by molar-refractivity contribution is 0.482. The van der Waals surface area contributed by atoms with Gasteiger partial charge in [-0.2, -0.15) is 10.5 Å². The average Bonchev–Trinajstić information content (AvgIpc) is 3.16. The van der Waals surface area contributed by atoms with Crippen LogP contribution in [0.2, 0.25) is 15.5 Å². The van der Waals surface area contributed by atoms with E-state index < -0.39 is 0 Å². The highest BCUT2D eigenvalue weighted by molar-refractivity contribution is 6.33. The molecule has 0 radical (unpaired) electrons. The second kappa shape index (κ2) is 17.0. The Labute approximate surface area is 315 Å². The summed E-state index contributed by atoms with van der Waals surface area (Å²) in [4.78, 5) is 8.19. The quantitative estimate of drug-likeness (QED) is 0.155. The lowest BCUT2D eigenvalue weighted by Crippen LogP contribution is -1.97. The van der Waals surface area contributed by atoms with E-state index in [9.17, 15) is 10.5 Å². The fraction of sp³-hybridized carbons (Fsp3) is 0. The molecule has 0 spiro atoms. The number of para-hydroxylation sites is 3. The maximum absolute atomic E-state index is 9.57. The van der Waals surface area contributed by atoms with E-state index in [2.05, 4.69) is 27.4 Å². The minimum Gasteiger partial charge on any atom is -0.457 e. The number of aromatic nitrogens is 2. The van der Waals surface area contributed by atoms with Gasteiger partial charge in [-0.15, -0.1) is 0 Å². The molecule has 2 heterocycles. The maximum Gasteiger partial charge on any atom is 0.149 e. The van der Waals surface area contributed by atoms with Gasteiger partial charge in [0.25, 0.3) is 0 Å². The molecule has 7 nitrogen and oxygen atoms in total. The van der Waals surface area contributed by atoms with Crippen LogP contribution >= 0.6 is 34.8 Å². The summed E-state index contributed by atoms with van der Waals surface area (Å²) < 4.78 is 11.6. The third-order valence-electron chi connectivity index (χ3n) is 7.48. The van der Waals surface area contributed by atoms with E-state index in [0.717, 1.165) is 28.3 Å². The number of nitriles is 2. The first-order valence-corrected chi connectivity index (χ1v) is 16.9. The molecule has 0 aliphatic heterocycles. The molecule has 52 heavy (non-hydrogen) atoms. The van der Waals surface area contributed by atoms with E-state index in [1.807, 2.05) is 146 Å². The molecule has 0 bridgehead atoms. The summed E-state index contributed by atoms with van der Waals surface area (Å²) in [6.07, 6.45) is 0. The molecular formula is C42H26Cl3N5O2. The molecule has 0 unspecified atom stereocenters. The van der Waals surface area contributed by atoms with Crippen LogP contribution in [-0.2, 0) is 0 Å². The monoisotopic (exact) mass is 737 g/mol. The topological polar surface area (TPSA) is 104 Å². The summed E-state index contributed by atoms with van der Waals surface area (Å²) >= 11 is 18.2. The van der Waals surface area contributed by atoms with Gasteiger partial charge in [-0.25, -0.2) is 9.97 Å². The standard InChI is InChI=1S/C24H16ClN3O.C18H10Cl2N2O/c25-24-22(16-26)21(15-23(28-24)27-18-7-3-1-4-8-18)17-11-13-20(14-12-17)29-19-9-5-2-6-10-19;19-17-10-15(16(11-21)18(20)22-17)12-6-8-14(9-7-12)23-13-4-2-1-3-5-13/h1-15H,(H,27,28);1-10H. The Bertz CT molecular complexity index is 2360. The molecule has 10 heteroatoms.